The fourth-order valence-electron chi connectivity index (χ4n) is 11.0. The quantitative estimate of drug-likeness (QED) is 0.441. The van der Waals surface area contributed by atoms with E-state index in [1.165, 1.54) is 31.2 Å². The number of methoxy groups -OCH3 is 2. The van der Waals surface area contributed by atoms with Gasteiger partial charge in [-0.05, 0) is 134 Å². The number of ether oxygens (including phenoxy) is 2. The molecule has 1 aliphatic heterocycles. The van der Waals surface area contributed by atoms with Crippen LogP contribution in [0.1, 0.15) is 96.1 Å². The summed E-state index contributed by atoms with van der Waals surface area (Å²) in [4.78, 5) is 15.4. The van der Waals surface area contributed by atoms with E-state index >= 15 is 0 Å². The molecule has 6 nitrogen and oxygen atoms in total. The number of carbonyl (C=O) groups excluding carboxylic acids is 1. The Balaban J connectivity index is 1.10. The van der Waals surface area contributed by atoms with Gasteiger partial charge in [0.25, 0.3) is 0 Å². The predicted octanol–water partition coefficient (Wildman–Crippen LogP) is 6.00. The maximum atomic E-state index is 13.4. The van der Waals surface area contributed by atoms with Gasteiger partial charge in [-0.1, -0.05) is 20.8 Å². The number of fused-ring (bicyclic) bond motifs is 6. The lowest BCUT2D eigenvalue weighted by Crippen LogP contribution is -2.58. The van der Waals surface area contributed by atoms with Crippen LogP contribution >= 0.6 is 0 Å². The second kappa shape index (κ2) is 11.0. The van der Waals surface area contributed by atoms with Gasteiger partial charge in [-0.15, -0.1) is 0 Å². The van der Waals surface area contributed by atoms with Crippen molar-refractivity contribution in [1.82, 2.24) is 4.90 Å². The lowest BCUT2D eigenvalue weighted by molar-refractivity contribution is -0.175. The highest BCUT2D eigenvalue weighted by molar-refractivity contribution is 5.76. The topological polar surface area (TPSA) is 79.2 Å². The van der Waals surface area contributed by atoms with E-state index in [1.54, 1.807) is 14.2 Å². The van der Waals surface area contributed by atoms with Crippen LogP contribution in [0, 0.1) is 46.3 Å². The van der Waals surface area contributed by atoms with Gasteiger partial charge in [-0.3, -0.25) is 4.79 Å². The Labute approximate surface area is 247 Å². The Bertz CT molecular complexity index is 1140. The molecule has 0 unspecified atom stereocenters. The largest absolute Gasteiger partial charge is 0.493 e. The molecule has 1 amide bonds. The van der Waals surface area contributed by atoms with E-state index in [0.29, 0.717) is 48.5 Å². The summed E-state index contributed by atoms with van der Waals surface area (Å²) in [5.74, 6) is 5.06. The molecular formula is C35H53NO5. The Hall–Kier alpha value is -1.79. The average Bonchev–Trinajstić information content (AvgIpc) is 3.34. The molecule has 4 aliphatic carbocycles. The Morgan fingerprint density at radius 1 is 1.00 bits per heavy atom. The van der Waals surface area contributed by atoms with Crippen LogP contribution in [-0.2, 0) is 17.8 Å². The number of hydrogen-bond acceptors (Lipinski definition) is 5. The van der Waals surface area contributed by atoms with Crippen LogP contribution in [0.25, 0.3) is 0 Å². The summed E-state index contributed by atoms with van der Waals surface area (Å²) >= 11 is 0. The van der Waals surface area contributed by atoms with Gasteiger partial charge in [0.2, 0.25) is 5.91 Å². The van der Waals surface area contributed by atoms with Gasteiger partial charge in [-0.2, -0.15) is 0 Å². The zero-order valence-electron chi connectivity index (χ0n) is 26.0. The number of rotatable bonds is 6. The molecule has 6 rings (SSSR count). The molecule has 5 aliphatic rings. The number of aliphatic hydroxyl groups is 2. The minimum absolute atomic E-state index is 0.0549. The highest BCUT2D eigenvalue weighted by atomic mass is 16.5. The van der Waals surface area contributed by atoms with E-state index in [9.17, 15) is 15.0 Å². The SMILES string of the molecule is COc1cc2c(cc1OC)CN(C(=O)CC[C@@H](C)[C@H]1CC[C@H]3[C@@H]4CC[C@@H]5C[C@H](O)CC[C@]5(C)[C@H]4C[C@H](O)[C@]13C)CC2. The molecule has 2 N–H and O–H groups in total. The highest BCUT2D eigenvalue weighted by Crippen LogP contribution is 2.68. The second-order valence-electron chi connectivity index (χ2n) is 14.9. The summed E-state index contributed by atoms with van der Waals surface area (Å²) in [5.41, 5.74) is 2.60. The zero-order valence-corrected chi connectivity index (χ0v) is 26.0. The predicted molar refractivity (Wildman–Crippen MR) is 160 cm³/mol. The maximum absolute atomic E-state index is 13.4. The lowest BCUT2D eigenvalue weighted by atomic mass is 9.43. The average molecular weight is 568 g/mol. The van der Waals surface area contributed by atoms with E-state index in [0.717, 1.165) is 62.1 Å². The number of benzene rings is 1. The molecule has 41 heavy (non-hydrogen) atoms. The third-order valence-electron chi connectivity index (χ3n) is 13.4. The molecule has 4 fully saturated rings. The van der Waals surface area contributed by atoms with Crippen molar-refractivity contribution in [1.29, 1.82) is 0 Å². The maximum Gasteiger partial charge on any atom is 0.222 e. The first-order chi connectivity index (χ1) is 19.6. The summed E-state index contributed by atoms with van der Waals surface area (Å²) in [7, 11) is 3.32. The number of amides is 1. The van der Waals surface area contributed by atoms with Crippen molar-refractivity contribution in [2.24, 2.45) is 46.3 Å². The van der Waals surface area contributed by atoms with Crippen molar-refractivity contribution in [3.8, 4) is 11.5 Å². The summed E-state index contributed by atoms with van der Waals surface area (Å²) < 4.78 is 11.0. The van der Waals surface area contributed by atoms with E-state index in [2.05, 4.69) is 26.8 Å². The van der Waals surface area contributed by atoms with E-state index in [-0.39, 0.29) is 28.9 Å². The molecular weight excluding hydrogens is 514 g/mol. The minimum Gasteiger partial charge on any atom is -0.493 e. The molecule has 0 spiro atoms. The Morgan fingerprint density at radius 2 is 1.73 bits per heavy atom. The molecule has 0 radical (unpaired) electrons. The van der Waals surface area contributed by atoms with Gasteiger partial charge < -0.3 is 24.6 Å². The Morgan fingerprint density at radius 3 is 2.46 bits per heavy atom. The Kier molecular flexibility index (Phi) is 7.89. The van der Waals surface area contributed by atoms with Crippen LogP contribution in [0.5, 0.6) is 11.5 Å². The van der Waals surface area contributed by atoms with Gasteiger partial charge in [0.1, 0.15) is 0 Å². The summed E-state index contributed by atoms with van der Waals surface area (Å²) in [5, 5.41) is 22.2. The van der Waals surface area contributed by atoms with E-state index in [4.69, 9.17) is 9.47 Å². The van der Waals surface area contributed by atoms with Crippen LogP contribution in [-0.4, -0.2) is 54.0 Å². The van der Waals surface area contributed by atoms with E-state index < -0.39 is 0 Å². The zero-order chi connectivity index (χ0) is 29.1. The van der Waals surface area contributed by atoms with Crippen LogP contribution < -0.4 is 9.47 Å². The lowest BCUT2D eigenvalue weighted by Gasteiger charge is -2.62. The van der Waals surface area contributed by atoms with Crippen molar-refractivity contribution in [2.45, 2.75) is 110 Å². The van der Waals surface area contributed by atoms with Gasteiger partial charge in [0.15, 0.2) is 11.5 Å². The molecule has 0 saturated heterocycles. The summed E-state index contributed by atoms with van der Waals surface area (Å²) in [6.07, 6.45) is 10.7. The van der Waals surface area contributed by atoms with Crippen molar-refractivity contribution < 1.29 is 24.5 Å². The molecule has 1 aromatic rings. The van der Waals surface area contributed by atoms with Crippen molar-refractivity contribution in [3.05, 3.63) is 23.3 Å². The smallest absolute Gasteiger partial charge is 0.222 e. The van der Waals surface area contributed by atoms with Gasteiger partial charge in [0, 0.05) is 19.5 Å². The fraction of sp³-hybridized carbons (Fsp3) is 0.800. The first kappa shape index (κ1) is 29.3. The minimum atomic E-state index is -0.271. The van der Waals surface area contributed by atoms with Crippen LogP contribution in [0.3, 0.4) is 0 Å². The number of aliphatic hydroxyl groups excluding tert-OH is 2. The van der Waals surface area contributed by atoms with Gasteiger partial charge >= 0.3 is 0 Å². The number of hydrogen-bond donors (Lipinski definition) is 2. The molecule has 0 aromatic heterocycles. The van der Waals surface area contributed by atoms with Crippen molar-refractivity contribution >= 4 is 5.91 Å². The fourth-order valence-corrected chi connectivity index (χ4v) is 11.0. The first-order valence-electron chi connectivity index (χ1n) is 16.5. The number of nitrogens with zero attached hydrogens (tertiary/aromatic N) is 1. The highest BCUT2D eigenvalue weighted by Gasteiger charge is 2.63. The molecule has 0 bridgehead atoms. The summed E-state index contributed by atoms with van der Waals surface area (Å²) in [6.45, 7) is 8.61. The van der Waals surface area contributed by atoms with Crippen LogP contribution in [0.15, 0.2) is 12.1 Å². The van der Waals surface area contributed by atoms with Gasteiger partial charge in [0.05, 0.1) is 26.4 Å². The van der Waals surface area contributed by atoms with E-state index in [1.807, 2.05) is 11.0 Å². The third-order valence-corrected chi connectivity index (χ3v) is 13.4. The van der Waals surface area contributed by atoms with Gasteiger partial charge in [-0.25, -0.2) is 0 Å². The molecule has 6 heteroatoms. The normalized spacial score (nSPS) is 40.6. The van der Waals surface area contributed by atoms with Crippen molar-refractivity contribution in [2.75, 3.05) is 20.8 Å². The monoisotopic (exact) mass is 567 g/mol. The second-order valence-corrected chi connectivity index (χ2v) is 14.9. The number of carbonyl (C=O) groups is 1. The molecule has 4 saturated carbocycles. The van der Waals surface area contributed by atoms with Crippen LogP contribution in [0.4, 0.5) is 0 Å². The molecule has 10 atom stereocenters. The van der Waals surface area contributed by atoms with Crippen molar-refractivity contribution in [3.63, 3.8) is 0 Å². The first-order valence-corrected chi connectivity index (χ1v) is 16.5. The molecule has 228 valence electrons. The standard InChI is InChI=1S/C35H53NO5/c1-21(6-11-33(39)36-15-13-22-16-30(40-4)31(41-5)17-23(22)20-36)27-9-10-28-26-8-7-24-18-25(37)12-14-34(24,2)29(26)19-32(38)35(27,28)3/h16-17,21,24-29,32,37-38H,6-15,18-20H2,1-5H3/t21-,24-,25-,26+,27-,28+,29+,32+,34+,35-/m1/s1. The molecule has 1 heterocycles. The summed E-state index contributed by atoms with van der Waals surface area (Å²) in [6, 6.07) is 4.08. The van der Waals surface area contributed by atoms with Crippen LogP contribution in [0.2, 0.25) is 0 Å². The molecule has 1 aromatic carbocycles. The third kappa shape index (κ3) is 4.80.